The average Bonchev–Trinajstić information content (AvgIpc) is 2.24. The van der Waals surface area contributed by atoms with E-state index in [0.29, 0.717) is 13.0 Å². The Morgan fingerprint density at radius 2 is 1.89 bits per heavy atom. The van der Waals surface area contributed by atoms with E-state index in [9.17, 15) is 17.2 Å². The van der Waals surface area contributed by atoms with Crippen molar-refractivity contribution >= 4 is 15.5 Å². The van der Waals surface area contributed by atoms with Crippen molar-refractivity contribution in [2.45, 2.75) is 13.0 Å². The van der Waals surface area contributed by atoms with Gasteiger partial charge in [0, 0.05) is 18.5 Å². The molecule has 0 bridgehead atoms. The minimum absolute atomic E-state index is 0.0895. The number of hydrogen-bond acceptors (Lipinski definition) is 4. The molecule has 0 saturated carbocycles. The maximum Gasteiger partial charge on any atom is 0.387 e. The molecule has 7 heteroatoms. The van der Waals surface area contributed by atoms with Crippen molar-refractivity contribution in [3.05, 3.63) is 24.3 Å². The number of benzene rings is 1. The van der Waals surface area contributed by atoms with Gasteiger partial charge in [0.15, 0.2) is 0 Å². The smallest absolute Gasteiger partial charge is 0.387 e. The van der Waals surface area contributed by atoms with Crippen LogP contribution in [-0.2, 0) is 9.84 Å². The lowest BCUT2D eigenvalue weighted by molar-refractivity contribution is -0.0498. The summed E-state index contributed by atoms with van der Waals surface area (Å²) >= 11 is 0. The topological polar surface area (TPSA) is 55.4 Å². The molecule has 4 nitrogen and oxygen atoms in total. The third-order valence-electron chi connectivity index (χ3n) is 2.10. The molecule has 0 unspecified atom stereocenters. The largest absolute Gasteiger partial charge is 0.435 e. The van der Waals surface area contributed by atoms with Gasteiger partial charge in [0.05, 0.1) is 5.75 Å². The van der Waals surface area contributed by atoms with Crippen molar-refractivity contribution in [3.8, 4) is 5.75 Å². The summed E-state index contributed by atoms with van der Waals surface area (Å²) in [4.78, 5) is 0. The Morgan fingerprint density at radius 1 is 1.28 bits per heavy atom. The van der Waals surface area contributed by atoms with Gasteiger partial charge in [0.25, 0.3) is 0 Å². The Kier molecular flexibility index (Phi) is 5.33. The average molecular weight is 279 g/mol. The van der Waals surface area contributed by atoms with E-state index in [1.807, 2.05) is 0 Å². The minimum Gasteiger partial charge on any atom is -0.435 e. The number of ether oxygens (including phenoxy) is 1. The van der Waals surface area contributed by atoms with Crippen molar-refractivity contribution in [3.63, 3.8) is 0 Å². The molecular formula is C11H15F2NO3S. The highest BCUT2D eigenvalue weighted by Gasteiger charge is 2.04. The number of sulfone groups is 1. The third-order valence-corrected chi connectivity index (χ3v) is 3.13. The molecule has 1 aromatic carbocycles. The molecule has 102 valence electrons. The number of halogens is 2. The molecule has 0 fully saturated rings. The van der Waals surface area contributed by atoms with Gasteiger partial charge in [-0.25, -0.2) is 8.42 Å². The summed E-state index contributed by atoms with van der Waals surface area (Å²) in [5, 5.41) is 2.99. The second-order valence-corrected chi connectivity index (χ2v) is 6.07. The van der Waals surface area contributed by atoms with Crippen LogP contribution in [0, 0.1) is 0 Å². The van der Waals surface area contributed by atoms with Crippen molar-refractivity contribution in [1.29, 1.82) is 0 Å². The zero-order valence-corrected chi connectivity index (χ0v) is 10.7. The van der Waals surface area contributed by atoms with Crippen molar-refractivity contribution < 1.29 is 21.9 Å². The van der Waals surface area contributed by atoms with Gasteiger partial charge >= 0.3 is 6.61 Å². The highest BCUT2D eigenvalue weighted by molar-refractivity contribution is 7.90. The van der Waals surface area contributed by atoms with Gasteiger partial charge in [-0.05, 0) is 30.7 Å². The molecule has 0 aliphatic carbocycles. The predicted molar refractivity (Wildman–Crippen MR) is 65.9 cm³/mol. The fourth-order valence-electron chi connectivity index (χ4n) is 1.32. The predicted octanol–water partition coefficient (Wildman–Crippen LogP) is 2.13. The van der Waals surface area contributed by atoms with Gasteiger partial charge in [-0.1, -0.05) is 0 Å². The van der Waals surface area contributed by atoms with E-state index in [1.165, 1.54) is 18.4 Å². The van der Waals surface area contributed by atoms with Crippen LogP contribution in [0.1, 0.15) is 6.42 Å². The summed E-state index contributed by atoms with van der Waals surface area (Å²) in [6, 6.07) is 6.03. The molecule has 0 spiro atoms. The summed E-state index contributed by atoms with van der Waals surface area (Å²) in [5.41, 5.74) is 0.727. The van der Waals surface area contributed by atoms with Crippen LogP contribution in [0.2, 0.25) is 0 Å². The van der Waals surface area contributed by atoms with E-state index < -0.39 is 16.4 Å². The molecular weight excluding hydrogens is 264 g/mol. The van der Waals surface area contributed by atoms with Gasteiger partial charge in [-0.3, -0.25) is 0 Å². The fourth-order valence-corrected chi connectivity index (χ4v) is 1.99. The third kappa shape index (κ3) is 6.39. The zero-order valence-electron chi connectivity index (χ0n) is 9.90. The normalized spacial score (nSPS) is 11.6. The SMILES string of the molecule is CS(=O)(=O)CCCNc1ccc(OC(F)F)cc1. The molecule has 0 aliphatic rings. The Labute approximate surface area is 105 Å². The van der Waals surface area contributed by atoms with E-state index in [-0.39, 0.29) is 11.5 Å². The van der Waals surface area contributed by atoms with Crippen molar-refractivity contribution in [2.75, 3.05) is 23.9 Å². The van der Waals surface area contributed by atoms with Crippen LogP contribution in [0.25, 0.3) is 0 Å². The van der Waals surface area contributed by atoms with Gasteiger partial charge in [-0.2, -0.15) is 8.78 Å². The molecule has 0 amide bonds. The summed E-state index contributed by atoms with van der Waals surface area (Å²) in [7, 11) is -2.94. The Hall–Kier alpha value is -1.37. The number of hydrogen-bond donors (Lipinski definition) is 1. The van der Waals surface area contributed by atoms with Gasteiger partial charge in [-0.15, -0.1) is 0 Å². The molecule has 18 heavy (non-hydrogen) atoms. The minimum atomic E-state index is -2.94. The molecule has 0 aliphatic heterocycles. The lowest BCUT2D eigenvalue weighted by Gasteiger charge is -2.08. The van der Waals surface area contributed by atoms with Crippen LogP contribution >= 0.6 is 0 Å². The summed E-state index contributed by atoms with van der Waals surface area (Å²) in [6.45, 7) is -2.33. The van der Waals surface area contributed by atoms with E-state index >= 15 is 0 Å². The zero-order chi connectivity index (χ0) is 13.6. The summed E-state index contributed by atoms with van der Waals surface area (Å²) < 4.78 is 49.7. The van der Waals surface area contributed by atoms with Gasteiger partial charge in [0.1, 0.15) is 15.6 Å². The molecule has 1 aromatic rings. The maximum absolute atomic E-state index is 11.9. The molecule has 0 radical (unpaired) electrons. The molecule has 0 heterocycles. The quantitative estimate of drug-likeness (QED) is 0.777. The Morgan fingerprint density at radius 3 is 2.39 bits per heavy atom. The standard InChI is InChI=1S/C11H15F2NO3S/c1-18(15,16)8-2-7-14-9-3-5-10(6-4-9)17-11(12)13/h3-6,11,14H,2,7-8H2,1H3. The van der Waals surface area contributed by atoms with Crippen molar-refractivity contribution in [2.24, 2.45) is 0 Å². The van der Waals surface area contributed by atoms with Crippen LogP contribution in [0.15, 0.2) is 24.3 Å². The first-order valence-corrected chi connectivity index (χ1v) is 7.39. The first-order valence-electron chi connectivity index (χ1n) is 5.33. The molecule has 0 aromatic heterocycles. The Bertz CT molecular complexity index is 460. The second-order valence-electron chi connectivity index (χ2n) is 3.81. The summed E-state index contributed by atoms with van der Waals surface area (Å²) in [6.07, 6.45) is 1.68. The first kappa shape index (κ1) is 14.7. The van der Waals surface area contributed by atoms with Crippen LogP contribution in [0.3, 0.4) is 0 Å². The van der Waals surface area contributed by atoms with Crippen LogP contribution in [-0.4, -0.2) is 33.6 Å². The van der Waals surface area contributed by atoms with E-state index in [0.717, 1.165) is 5.69 Å². The maximum atomic E-state index is 11.9. The summed E-state index contributed by atoms with van der Waals surface area (Å²) in [5.74, 6) is 0.207. The lowest BCUT2D eigenvalue weighted by Crippen LogP contribution is -2.09. The number of rotatable bonds is 7. The highest BCUT2D eigenvalue weighted by Crippen LogP contribution is 2.17. The highest BCUT2D eigenvalue weighted by atomic mass is 32.2. The molecule has 0 saturated heterocycles. The molecule has 1 N–H and O–H groups in total. The monoisotopic (exact) mass is 279 g/mol. The van der Waals surface area contributed by atoms with Crippen molar-refractivity contribution in [1.82, 2.24) is 0 Å². The van der Waals surface area contributed by atoms with E-state index in [1.54, 1.807) is 12.1 Å². The number of alkyl halides is 2. The lowest BCUT2D eigenvalue weighted by atomic mass is 10.3. The first-order chi connectivity index (χ1) is 8.37. The number of nitrogens with one attached hydrogen (secondary N) is 1. The molecule has 0 atom stereocenters. The van der Waals surface area contributed by atoms with Gasteiger partial charge < -0.3 is 10.1 Å². The van der Waals surface area contributed by atoms with Crippen LogP contribution in [0.5, 0.6) is 5.75 Å². The van der Waals surface area contributed by atoms with Gasteiger partial charge in [0.2, 0.25) is 0 Å². The second kappa shape index (κ2) is 6.53. The van der Waals surface area contributed by atoms with Crippen LogP contribution < -0.4 is 10.1 Å². The fraction of sp³-hybridized carbons (Fsp3) is 0.455. The van der Waals surface area contributed by atoms with E-state index in [4.69, 9.17) is 0 Å². The Balaban J connectivity index is 2.35. The molecule has 1 rings (SSSR count). The van der Waals surface area contributed by atoms with Crippen LogP contribution in [0.4, 0.5) is 14.5 Å². The number of anilines is 1. The van der Waals surface area contributed by atoms with E-state index in [2.05, 4.69) is 10.1 Å².